The zero-order chi connectivity index (χ0) is 20.2. The summed E-state index contributed by atoms with van der Waals surface area (Å²) in [7, 11) is 1.66. The van der Waals surface area contributed by atoms with Crippen LogP contribution >= 0.6 is 0 Å². The third-order valence-electron chi connectivity index (χ3n) is 3.93. The molecule has 0 fully saturated rings. The van der Waals surface area contributed by atoms with Gasteiger partial charge in [-0.3, -0.25) is 0 Å². The Morgan fingerprint density at radius 2 is 1.96 bits per heavy atom. The first kappa shape index (κ1) is 21.8. The minimum atomic E-state index is 0.516. The van der Waals surface area contributed by atoms with Crippen LogP contribution in [-0.2, 0) is 11.3 Å². The first-order chi connectivity index (χ1) is 13.6. The fraction of sp³-hybridized carbons (Fsp3) is 0.524. The van der Waals surface area contributed by atoms with Gasteiger partial charge in [-0.15, -0.1) is 0 Å². The van der Waals surface area contributed by atoms with Gasteiger partial charge >= 0.3 is 0 Å². The lowest BCUT2D eigenvalue weighted by Crippen LogP contribution is -2.38. The van der Waals surface area contributed by atoms with Gasteiger partial charge in [0, 0.05) is 32.5 Å². The maximum absolute atomic E-state index is 5.60. The molecule has 7 heteroatoms. The van der Waals surface area contributed by atoms with E-state index in [1.54, 1.807) is 7.11 Å². The van der Waals surface area contributed by atoms with E-state index in [1.165, 1.54) is 0 Å². The minimum Gasteiger partial charge on any atom is -0.497 e. The average Bonchev–Trinajstić information content (AvgIpc) is 3.17. The van der Waals surface area contributed by atoms with Gasteiger partial charge in [-0.05, 0) is 49.6 Å². The molecule has 0 radical (unpaired) electrons. The van der Waals surface area contributed by atoms with Gasteiger partial charge in [-0.25, -0.2) is 9.67 Å². The number of hydrogen-bond donors (Lipinski definition) is 2. The van der Waals surface area contributed by atoms with E-state index in [0.29, 0.717) is 12.5 Å². The van der Waals surface area contributed by atoms with Crippen molar-refractivity contribution in [3.63, 3.8) is 0 Å². The molecule has 0 spiro atoms. The van der Waals surface area contributed by atoms with E-state index >= 15 is 0 Å². The second-order valence-electron chi connectivity index (χ2n) is 6.89. The summed E-state index contributed by atoms with van der Waals surface area (Å²) in [4.78, 5) is 4.62. The number of aliphatic imine (C=N–C) groups is 1. The van der Waals surface area contributed by atoms with Crippen molar-refractivity contribution in [3.8, 4) is 11.4 Å². The molecule has 0 aliphatic heterocycles. The smallest absolute Gasteiger partial charge is 0.191 e. The third-order valence-corrected chi connectivity index (χ3v) is 3.93. The van der Waals surface area contributed by atoms with Crippen molar-refractivity contribution in [1.82, 2.24) is 20.4 Å². The highest BCUT2D eigenvalue weighted by molar-refractivity contribution is 5.79. The quantitative estimate of drug-likeness (QED) is 0.352. The maximum Gasteiger partial charge on any atom is 0.191 e. The molecule has 2 aromatic rings. The number of methoxy groups -OCH3 is 1. The summed E-state index contributed by atoms with van der Waals surface area (Å²) in [5.74, 6) is 2.20. The zero-order valence-electron chi connectivity index (χ0n) is 17.4. The van der Waals surface area contributed by atoms with Gasteiger partial charge in [0.05, 0.1) is 25.0 Å². The lowest BCUT2D eigenvalue weighted by Gasteiger charge is -2.11. The highest BCUT2D eigenvalue weighted by atomic mass is 16.5. The molecule has 2 rings (SSSR count). The van der Waals surface area contributed by atoms with E-state index in [0.717, 1.165) is 55.8 Å². The molecule has 0 aliphatic rings. The third kappa shape index (κ3) is 7.60. The number of aromatic nitrogens is 2. The van der Waals surface area contributed by atoms with Crippen molar-refractivity contribution in [2.24, 2.45) is 10.9 Å². The Balaban J connectivity index is 1.84. The van der Waals surface area contributed by atoms with Gasteiger partial charge in [-0.2, -0.15) is 5.10 Å². The molecule has 0 atom stereocenters. The van der Waals surface area contributed by atoms with Gasteiger partial charge in [-0.1, -0.05) is 13.8 Å². The topological polar surface area (TPSA) is 72.7 Å². The largest absolute Gasteiger partial charge is 0.497 e. The van der Waals surface area contributed by atoms with Crippen LogP contribution in [0.1, 0.15) is 32.9 Å². The number of rotatable bonds is 11. The van der Waals surface area contributed by atoms with Crippen molar-refractivity contribution >= 4 is 5.96 Å². The lowest BCUT2D eigenvalue weighted by atomic mass is 10.2. The summed E-state index contributed by atoms with van der Waals surface area (Å²) in [5.41, 5.74) is 1.90. The summed E-state index contributed by atoms with van der Waals surface area (Å²) >= 11 is 0. The SMILES string of the molecule is CCNC(=NCc1ccn(-c2ccc(OC)cc2)n1)NCCCOCC(C)C. The molecule has 0 saturated carbocycles. The molecule has 28 heavy (non-hydrogen) atoms. The molecule has 0 bridgehead atoms. The van der Waals surface area contributed by atoms with Crippen LogP contribution in [0.3, 0.4) is 0 Å². The minimum absolute atomic E-state index is 0.516. The van der Waals surface area contributed by atoms with Crippen LogP contribution in [0, 0.1) is 5.92 Å². The summed E-state index contributed by atoms with van der Waals surface area (Å²) in [6.45, 7) is 10.1. The number of nitrogens with zero attached hydrogens (tertiary/aromatic N) is 3. The molecule has 154 valence electrons. The summed E-state index contributed by atoms with van der Waals surface area (Å²) < 4.78 is 12.6. The van der Waals surface area contributed by atoms with E-state index in [2.05, 4.69) is 41.5 Å². The van der Waals surface area contributed by atoms with Gasteiger partial charge in [0.25, 0.3) is 0 Å². The fourth-order valence-electron chi connectivity index (χ4n) is 2.53. The number of benzene rings is 1. The molecule has 0 saturated heterocycles. The average molecular weight is 388 g/mol. The van der Waals surface area contributed by atoms with E-state index < -0.39 is 0 Å². The summed E-state index contributed by atoms with van der Waals surface area (Å²) in [6, 6.07) is 9.79. The molecule has 0 aliphatic carbocycles. The normalized spacial score (nSPS) is 11.7. The molecule has 1 aromatic carbocycles. The van der Waals surface area contributed by atoms with Crippen LogP contribution in [-0.4, -0.2) is 49.2 Å². The van der Waals surface area contributed by atoms with Crippen molar-refractivity contribution in [2.75, 3.05) is 33.4 Å². The van der Waals surface area contributed by atoms with Crippen molar-refractivity contribution in [1.29, 1.82) is 0 Å². The first-order valence-corrected chi connectivity index (χ1v) is 9.91. The molecule has 0 amide bonds. The fourth-order valence-corrected chi connectivity index (χ4v) is 2.53. The standard InChI is InChI=1S/C21H33N5O2/c1-5-22-21(23-12-6-14-28-16-17(2)3)24-15-18-11-13-26(25-18)19-7-9-20(27-4)10-8-19/h7-11,13,17H,5-6,12,14-16H2,1-4H3,(H2,22,23,24). The molecule has 1 aromatic heterocycles. The Bertz CT molecular complexity index is 710. The Morgan fingerprint density at radius 1 is 1.18 bits per heavy atom. The van der Waals surface area contributed by atoms with Gasteiger partial charge in [0.2, 0.25) is 0 Å². The maximum atomic E-state index is 5.60. The van der Waals surface area contributed by atoms with Crippen LogP contribution in [0.25, 0.3) is 5.69 Å². The summed E-state index contributed by atoms with van der Waals surface area (Å²) in [5, 5.41) is 11.2. The second-order valence-corrected chi connectivity index (χ2v) is 6.89. The Hall–Kier alpha value is -2.54. The van der Waals surface area contributed by atoms with Crippen molar-refractivity contribution in [2.45, 2.75) is 33.7 Å². The number of ether oxygens (including phenoxy) is 2. The van der Waals surface area contributed by atoms with E-state index in [-0.39, 0.29) is 0 Å². The van der Waals surface area contributed by atoms with E-state index in [1.807, 2.05) is 41.2 Å². The zero-order valence-corrected chi connectivity index (χ0v) is 17.4. The van der Waals surface area contributed by atoms with Crippen LogP contribution < -0.4 is 15.4 Å². The Labute approximate surface area is 168 Å². The van der Waals surface area contributed by atoms with E-state index in [9.17, 15) is 0 Å². The summed E-state index contributed by atoms with van der Waals surface area (Å²) in [6.07, 6.45) is 2.89. The van der Waals surface area contributed by atoms with Crippen LogP contribution in [0.4, 0.5) is 0 Å². The predicted molar refractivity (Wildman–Crippen MR) is 113 cm³/mol. The predicted octanol–water partition coefficient (Wildman–Crippen LogP) is 3.00. The van der Waals surface area contributed by atoms with Gasteiger partial charge in [0.1, 0.15) is 5.75 Å². The van der Waals surface area contributed by atoms with Crippen molar-refractivity contribution < 1.29 is 9.47 Å². The highest BCUT2D eigenvalue weighted by Crippen LogP contribution is 2.14. The number of guanidine groups is 1. The van der Waals surface area contributed by atoms with Gasteiger partial charge in [0.15, 0.2) is 5.96 Å². The molecule has 1 heterocycles. The van der Waals surface area contributed by atoms with Crippen molar-refractivity contribution in [3.05, 3.63) is 42.2 Å². The number of nitrogens with one attached hydrogen (secondary N) is 2. The van der Waals surface area contributed by atoms with E-state index in [4.69, 9.17) is 9.47 Å². The Morgan fingerprint density at radius 3 is 2.64 bits per heavy atom. The molecular formula is C21H33N5O2. The second kappa shape index (κ2) is 12.0. The molecule has 0 unspecified atom stereocenters. The molecule has 7 nitrogen and oxygen atoms in total. The first-order valence-electron chi connectivity index (χ1n) is 9.91. The van der Waals surface area contributed by atoms with Crippen LogP contribution in [0.15, 0.2) is 41.5 Å². The highest BCUT2D eigenvalue weighted by Gasteiger charge is 2.03. The van der Waals surface area contributed by atoms with Crippen LogP contribution in [0.2, 0.25) is 0 Å². The Kier molecular flexibility index (Phi) is 9.34. The monoisotopic (exact) mass is 387 g/mol. The molecule has 2 N–H and O–H groups in total. The van der Waals surface area contributed by atoms with Gasteiger partial charge < -0.3 is 20.1 Å². The number of hydrogen-bond acceptors (Lipinski definition) is 4. The molecular weight excluding hydrogens is 354 g/mol. The van der Waals surface area contributed by atoms with Crippen LogP contribution in [0.5, 0.6) is 5.75 Å². The lowest BCUT2D eigenvalue weighted by molar-refractivity contribution is 0.108.